The molecule has 1 heterocycles. The van der Waals surface area contributed by atoms with Crippen LogP contribution in [0.5, 0.6) is 5.88 Å². The van der Waals surface area contributed by atoms with Crippen LogP contribution in [-0.4, -0.2) is 23.1 Å². The van der Waals surface area contributed by atoms with Crippen molar-refractivity contribution < 1.29 is 4.74 Å². The van der Waals surface area contributed by atoms with E-state index in [0.717, 1.165) is 10.4 Å². The van der Waals surface area contributed by atoms with E-state index in [-0.39, 0.29) is 0 Å². The fourth-order valence-electron chi connectivity index (χ4n) is 2.08. The maximum Gasteiger partial charge on any atom is 0.232 e. The van der Waals surface area contributed by atoms with E-state index in [0.29, 0.717) is 17.9 Å². The zero-order valence-electron chi connectivity index (χ0n) is 9.53. The minimum absolute atomic E-state index is 0.501. The standard InChI is InChI=1S/C11H16BrN3O/c1-7-3-4-8(5-7)14-11-13-6-9(12)10(15-11)16-2/h6-8H,3-5H2,1-2H3,(H,13,14,15). The minimum atomic E-state index is 0.501. The SMILES string of the molecule is COc1nc(NC2CCC(C)C2)ncc1Br. The lowest BCUT2D eigenvalue weighted by atomic mass is 10.1. The quantitative estimate of drug-likeness (QED) is 0.928. The van der Waals surface area contributed by atoms with E-state index in [1.807, 2.05) is 0 Å². The Labute approximate surface area is 104 Å². The number of ether oxygens (including phenoxy) is 1. The zero-order valence-corrected chi connectivity index (χ0v) is 11.1. The Kier molecular flexibility index (Phi) is 3.63. The highest BCUT2D eigenvalue weighted by Gasteiger charge is 2.21. The highest BCUT2D eigenvalue weighted by molar-refractivity contribution is 9.10. The average Bonchev–Trinajstić information content (AvgIpc) is 2.67. The van der Waals surface area contributed by atoms with Gasteiger partial charge in [0.25, 0.3) is 0 Å². The summed E-state index contributed by atoms with van der Waals surface area (Å²) in [5, 5.41) is 3.35. The minimum Gasteiger partial charge on any atom is -0.480 e. The van der Waals surface area contributed by atoms with Gasteiger partial charge in [0.15, 0.2) is 0 Å². The molecule has 1 aromatic heterocycles. The van der Waals surface area contributed by atoms with Gasteiger partial charge in [-0.2, -0.15) is 4.98 Å². The first-order valence-corrected chi connectivity index (χ1v) is 6.31. The predicted molar refractivity (Wildman–Crippen MR) is 66.7 cm³/mol. The lowest BCUT2D eigenvalue weighted by molar-refractivity contribution is 0.394. The third kappa shape index (κ3) is 2.64. The first kappa shape index (κ1) is 11.6. The second-order valence-corrected chi connectivity index (χ2v) is 5.16. The van der Waals surface area contributed by atoms with Crippen LogP contribution in [0.2, 0.25) is 0 Å². The van der Waals surface area contributed by atoms with Gasteiger partial charge in [0.2, 0.25) is 11.8 Å². The van der Waals surface area contributed by atoms with Gasteiger partial charge in [-0.1, -0.05) is 6.92 Å². The number of nitrogens with zero attached hydrogens (tertiary/aromatic N) is 2. The number of hydrogen-bond acceptors (Lipinski definition) is 4. The number of rotatable bonds is 3. The van der Waals surface area contributed by atoms with Gasteiger partial charge in [0, 0.05) is 6.04 Å². The summed E-state index contributed by atoms with van der Waals surface area (Å²) >= 11 is 3.34. The Morgan fingerprint density at radius 3 is 2.94 bits per heavy atom. The molecule has 0 radical (unpaired) electrons. The van der Waals surface area contributed by atoms with Crippen LogP contribution in [0.1, 0.15) is 26.2 Å². The molecule has 1 aliphatic carbocycles. The fourth-order valence-corrected chi connectivity index (χ4v) is 2.44. The maximum absolute atomic E-state index is 5.13. The van der Waals surface area contributed by atoms with E-state index in [2.05, 4.69) is 38.1 Å². The summed E-state index contributed by atoms with van der Waals surface area (Å²) in [6.07, 6.45) is 5.39. The van der Waals surface area contributed by atoms with Crippen LogP contribution in [0.4, 0.5) is 5.95 Å². The van der Waals surface area contributed by atoms with Crippen molar-refractivity contribution in [3.63, 3.8) is 0 Å². The van der Waals surface area contributed by atoms with Crippen LogP contribution in [0.3, 0.4) is 0 Å². The monoisotopic (exact) mass is 285 g/mol. The van der Waals surface area contributed by atoms with Gasteiger partial charge in [0.1, 0.15) is 0 Å². The van der Waals surface area contributed by atoms with Gasteiger partial charge < -0.3 is 10.1 Å². The van der Waals surface area contributed by atoms with Gasteiger partial charge in [-0.25, -0.2) is 4.98 Å². The van der Waals surface area contributed by atoms with E-state index in [4.69, 9.17) is 4.74 Å². The van der Waals surface area contributed by atoms with Crippen LogP contribution < -0.4 is 10.1 Å². The fraction of sp³-hybridized carbons (Fsp3) is 0.636. The van der Waals surface area contributed by atoms with Crippen molar-refractivity contribution in [3.05, 3.63) is 10.7 Å². The van der Waals surface area contributed by atoms with Crippen LogP contribution in [-0.2, 0) is 0 Å². The summed E-state index contributed by atoms with van der Waals surface area (Å²) < 4.78 is 5.91. The molecule has 5 heteroatoms. The maximum atomic E-state index is 5.13. The van der Waals surface area contributed by atoms with Crippen molar-refractivity contribution in [1.82, 2.24) is 9.97 Å². The number of aromatic nitrogens is 2. The van der Waals surface area contributed by atoms with Crippen LogP contribution in [0.15, 0.2) is 10.7 Å². The molecule has 0 bridgehead atoms. The van der Waals surface area contributed by atoms with Crippen molar-refractivity contribution in [3.8, 4) is 5.88 Å². The Balaban J connectivity index is 2.04. The lowest BCUT2D eigenvalue weighted by Gasteiger charge is -2.12. The Bertz CT molecular complexity index is 372. The van der Waals surface area contributed by atoms with Crippen LogP contribution in [0.25, 0.3) is 0 Å². The van der Waals surface area contributed by atoms with E-state index in [1.54, 1.807) is 13.3 Å². The van der Waals surface area contributed by atoms with Crippen LogP contribution >= 0.6 is 15.9 Å². The molecule has 88 valence electrons. The largest absolute Gasteiger partial charge is 0.480 e. The van der Waals surface area contributed by atoms with Crippen molar-refractivity contribution in [2.75, 3.05) is 12.4 Å². The Morgan fingerprint density at radius 1 is 1.50 bits per heavy atom. The highest BCUT2D eigenvalue weighted by Crippen LogP contribution is 2.28. The molecule has 0 spiro atoms. The van der Waals surface area contributed by atoms with E-state index < -0.39 is 0 Å². The Hall–Kier alpha value is -0.840. The van der Waals surface area contributed by atoms with Crippen LogP contribution in [0, 0.1) is 5.92 Å². The number of halogens is 1. The first-order chi connectivity index (χ1) is 7.69. The number of hydrogen-bond donors (Lipinski definition) is 1. The molecule has 2 atom stereocenters. The molecule has 0 aromatic carbocycles. The molecule has 1 fully saturated rings. The van der Waals surface area contributed by atoms with Gasteiger partial charge in [-0.15, -0.1) is 0 Å². The molecule has 4 nitrogen and oxygen atoms in total. The molecular weight excluding hydrogens is 270 g/mol. The number of nitrogens with one attached hydrogen (secondary N) is 1. The zero-order chi connectivity index (χ0) is 11.5. The number of anilines is 1. The molecule has 2 unspecified atom stereocenters. The topological polar surface area (TPSA) is 47.0 Å². The van der Waals surface area contributed by atoms with E-state index >= 15 is 0 Å². The normalized spacial score (nSPS) is 24.4. The van der Waals surface area contributed by atoms with Crippen molar-refractivity contribution in [1.29, 1.82) is 0 Å². The third-order valence-corrected chi connectivity index (χ3v) is 3.48. The smallest absolute Gasteiger partial charge is 0.232 e. The molecule has 0 saturated heterocycles. The van der Waals surface area contributed by atoms with E-state index in [1.165, 1.54) is 19.3 Å². The first-order valence-electron chi connectivity index (χ1n) is 5.52. The molecule has 16 heavy (non-hydrogen) atoms. The average molecular weight is 286 g/mol. The third-order valence-electron chi connectivity index (χ3n) is 2.93. The number of methoxy groups -OCH3 is 1. The molecule has 0 amide bonds. The van der Waals surface area contributed by atoms with Gasteiger partial charge in [-0.3, -0.25) is 0 Å². The second kappa shape index (κ2) is 4.99. The van der Waals surface area contributed by atoms with Gasteiger partial charge in [-0.05, 0) is 41.1 Å². The highest BCUT2D eigenvalue weighted by atomic mass is 79.9. The van der Waals surface area contributed by atoms with Gasteiger partial charge >= 0.3 is 0 Å². The Morgan fingerprint density at radius 2 is 2.31 bits per heavy atom. The summed E-state index contributed by atoms with van der Waals surface area (Å²) in [6.45, 7) is 2.28. The molecule has 2 rings (SSSR count). The van der Waals surface area contributed by atoms with Crippen molar-refractivity contribution in [2.45, 2.75) is 32.2 Å². The lowest BCUT2D eigenvalue weighted by Crippen LogP contribution is -2.17. The molecule has 1 saturated carbocycles. The van der Waals surface area contributed by atoms with Crippen molar-refractivity contribution in [2.24, 2.45) is 5.92 Å². The predicted octanol–water partition coefficient (Wildman–Crippen LogP) is 2.85. The van der Waals surface area contributed by atoms with Gasteiger partial charge in [0.05, 0.1) is 17.8 Å². The molecular formula is C11H16BrN3O. The summed E-state index contributed by atoms with van der Waals surface area (Å²) in [4.78, 5) is 8.51. The summed E-state index contributed by atoms with van der Waals surface area (Å²) in [6, 6.07) is 0.501. The summed E-state index contributed by atoms with van der Waals surface area (Å²) in [5.74, 6) is 2.03. The van der Waals surface area contributed by atoms with Crippen molar-refractivity contribution >= 4 is 21.9 Å². The molecule has 0 aliphatic heterocycles. The second-order valence-electron chi connectivity index (χ2n) is 4.31. The summed E-state index contributed by atoms with van der Waals surface area (Å²) in [5.41, 5.74) is 0. The van der Waals surface area contributed by atoms with E-state index in [9.17, 15) is 0 Å². The summed E-state index contributed by atoms with van der Waals surface area (Å²) in [7, 11) is 1.61. The molecule has 1 aromatic rings. The molecule has 1 N–H and O–H groups in total. The molecule has 1 aliphatic rings.